The Morgan fingerprint density at radius 3 is 2.59 bits per heavy atom. The van der Waals surface area contributed by atoms with Crippen molar-refractivity contribution in [1.82, 2.24) is 4.57 Å². The van der Waals surface area contributed by atoms with Crippen molar-refractivity contribution < 1.29 is 9.53 Å². The summed E-state index contributed by atoms with van der Waals surface area (Å²) >= 11 is 1.54. The molecule has 2 aromatic carbocycles. The zero-order valence-corrected chi connectivity index (χ0v) is 17.0. The normalized spacial score (nSPS) is 12.0. The van der Waals surface area contributed by atoms with Crippen molar-refractivity contribution in [1.29, 1.82) is 0 Å². The van der Waals surface area contributed by atoms with Crippen LogP contribution < -0.4 is 9.54 Å². The highest BCUT2D eigenvalue weighted by atomic mass is 32.1. The molecule has 3 rings (SSSR count). The molecule has 0 aliphatic rings. The van der Waals surface area contributed by atoms with E-state index in [1.165, 1.54) is 22.5 Å². The number of nitrogens with zero attached hydrogens (tertiary/aromatic N) is 2. The van der Waals surface area contributed by atoms with Crippen LogP contribution in [0, 0.1) is 13.8 Å². The van der Waals surface area contributed by atoms with Gasteiger partial charge in [0.15, 0.2) is 4.80 Å². The minimum absolute atomic E-state index is 0.0966. The summed E-state index contributed by atoms with van der Waals surface area (Å²) in [6.07, 6.45) is 1.92. The van der Waals surface area contributed by atoms with E-state index in [0.29, 0.717) is 16.9 Å². The number of aryl methyl sites for hydroxylation is 2. The zero-order valence-electron chi connectivity index (χ0n) is 16.2. The van der Waals surface area contributed by atoms with E-state index < -0.39 is 0 Å². The Kier molecular flexibility index (Phi) is 5.61. The van der Waals surface area contributed by atoms with E-state index in [4.69, 9.17) is 4.74 Å². The molecule has 0 aliphatic carbocycles. The van der Waals surface area contributed by atoms with Crippen LogP contribution in [-0.4, -0.2) is 16.6 Å². The summed E-state index contributed by atoms with van der Waals surface area (Å²) in [4.78, 5) is 17.8. The molecular formula is C22H24N2O2S. The maximum atomic E-state index is 12.7. The van der Waals surface area contributed by atoms with E-state index in [1.54, 1.807) is 24.3 Å². The van der Waals surface area contributed by atoms with Gasteiger partial charge in [0, 0.05) is 12.1 Å². The van der Waals surface area contributed by atoms with E-state index >= 15 is 0 Å². The van der Waals surface area contributed by atoms with Crippen LogP contribution in [0.4, 0.5) is 0 Å². The number of hydrogen-bond donors (Lipinski definition) is 0. The highest BCUT2D eigenvalue weighted by Gasteiger charge is 2.11. The van der Waals surface area contributed by atoms with Crippen molar-refractivity contribution in [2.75, 3.05) is 0 Å². The van der Waals surface area contributed by atoms with Gasteiger partial charge in [0.05, 0.1) is 16.3 Å². The molecule has 3 aromatic rings. The lowest BCUT2D eigenvalue weighted by Gasteiger charge is -2.09. The van der Waals surface area contributed by atoms with Gasteiger partial charge in [-0.2, -0.15) is 4.99 Å². The summed E-state index contributed by atoms with van der Waals surface area (Å²) < 4.78 is 8.82. The van der Waals surface area contributed by atoms with Gasteiger partial charge in [-0.1, -0.05) is 23.5 Å². The maximum Gasteiger partial charge on any atom is 0.279 e. The number of fused-ring (bicyclic) bond motifs is 1. The van der Waals surface area contributed by atoms with Crippen LogP contribution in [0.3, 0.4) is 0 Å². The van der Waals surface area contributed by atoms with Gasteiger partial charge in [0.25, 0.3) is 5.91 Å². The van der Waals surface area contributed by atoms with Crippen LogP contribution in [-0.2, 0) is 6.54 Å². The van der Waals surface area contributed by atoms with Gasteiger partial charge in [-0.15, -0.1) is 6.58 Å². The fourth-order valence-corrected chi connectivity index (χ4v) is 4.09. The molecule has 140 valence electrons. The Morgan fingerprint density at radius 1 is 1.26 bits per heavy atom. The van der Waals surface area contributed by atoms with Crippen molar-refractivity contribution in [3.05, 3.63) is 70.5 Å². The van der Waals surface area contributed by atoms with E-state index in [1.807, 2.05) is 24.5 Å². The van der Waals surface area contributed by atoms with Crippen molar-refractivity contribution >= 4 is 27.5 Å². The third-order valence-corrected chi connectivity index (χ3v) is 5.33. The molecule has 0 N–H and O–H groups in total. The Labute approximate surface area is 163 Å². The van der Waals surface area contributed by atoms with Crippen LogP contribution in [0.5, 0.6) is 5.75 Å². The number of hydrogen-bond acceptors (Lipinski definition) is 3. The highest BCUT2D eigenvalue weighted by molar-refractivity contribution is 7.16. The Hall–Kier alpha value is -2.66. The van der Waals surface area contributed by atoms with Crippen LogP contribution in [0.2, 0.25) is 0 Å². The predicted octanol–water partition coefficient (Wildman–Crippen LogP) is 5.03. The van der Waals surface area contributed by atoms with Crippen LogP contribution in [0.1, 0.15) is 35.3 Å². The molecule has 0 radical (unpaired) electrons. The molecule has 4 nitrogen and oxygen atoms in total. The smallest absolute Gasteiger partial charge is 0.279 e. The number of thiazole rings is 1. The van der Waals surface area contributed by atoms with Gasteiger partial charge in [0.1, 0.15) is 5.75 Å². The molecule has 0 saturated heterocycles. The van der Waals surface area contributed by atoms with E-state index in [2.05, 4.69) is 37.6 Å². The summed E-state index contributed by atoms with van der Waals surface area (Å²) in [5.74, 6) is 0.487. The molecule has 1 heterocycles. The first-order chi connectivity index (χ1) is 12.9. The van der Waals surface area contributed by atoms with Crippen molar-refractivity contribution in [3.8, 4) is 5.75 Å². The average Bonchev–Trinajstić information content (AvgIpc) is 2.93. The second kappa shape index (κ2) is 7.92. The van der Waals surface area contributed by atoms with Crippen molar-refractivity contribution in [2.24, 2.45) is 4.99 Å². The third-order valence-electron chi connectivity index (χ3n) is 4.10. The number of ether oxygens (including phenoxy) is 1. The summed E-state index contributed by atoms with van der Waals surface area (Å²) in [6, 6.07) is 11.4. The fraction of sp³-hybridized carbons (Fsp3) is 0.273. The standard InChI is InChI=1S/C22H24N2O2S/c1-6-11-24-19-13-15(4)12-16(5)20(19)27-22(24)23-21(25)17-7-9-18(10-8-17)26-14(2)3/h6-10,12-14H,1,11H2,2-5H3. The molecule has 27 heavy (non-hydrogen) atoms. The van der Waals surface area contributed by atoms with Gasteiger partial charge in [-0.05, 0) is 69.2 Å². The number of carbonyl (C=O) groups is 1. The van der Waals surface area contributed by atoms with Crippen LogP contribution >= 0.6 is 11.3 Å². The first kappa shape index (κ1) is 19.1. The molecule has 1 amide bonds. The topological polar surface area (TPSA) is 43.6 Å². The highest BCUT2D eigenvalue weighted by Crippen LogP contribution is 2.23. The van der Waals surface area contributed by atoms with E-state index in [9.17, 15) is 4.79 Å². The predicted molar refractivity (Wildman–Crippen MR) is 112 cm³/mol. The van der Waals surface area contributed by atoms with Crippen molar-refractivity contribution in [3.63, 3.8) is 0 Å². The zero-order chi connectivity index (χ0) is 19.6. The van der Waals surface area contributed by atoms with Gasteiger partial charge in [-0.25, -0.2) is 0 Å². The monoisotopic (exact) mass is 380 g/mol. The van der Waals surface area contributed by atoms with E-state index in [-0.39, 0.29) is 12.0 Å². The molecule has 0 bridgehead atoms. The molecule has 0 atom stereocenters. The largest absolute Gasteiger partial charge is 0.491 e. The number of aromatic nitrogens is 1. The van der Waals surface area contributed by atoms with Crippen LogP contribution in [0.15, 0.2) is 54.0 Å². The lowest BCUT2D eigenvalue weighted by atomic mass is 10.1. The Bertz CT molecular complexity index is 1060. The SMILES string of the molecule is C=CCn1c(=NC(=O)c2ccc(OC(C)C)cc2)sc2c(C)cc(C)cc21. The molecule has 1 aromatic heterocycles. The summed E-state index contributed by atoms with van der Waals surface area (Å²) in [5.41, 5.74) is 4.01. The second-order valence-electron chi connectivity index (χ2n) is 6.82. The number of amides is 1. The quantitative estimate of drug-likeness (QED) is 0.583. The molecular weight excluding hydrogens is 356 g/mol. The molecule has 5 heteroatoms. The lowest BCUT2D eigenvalue weighted by molar-refractivity contribution is 0.0998. The number of carbonyl (C=O) groups excluding carboxylic acids is 1. The number of rotatable bonds is 5. The maximum absolute atomic E-state index is 12.7. The van der Waals surface area contributed by atoms with Gasteiger partial charge < -0.3 is 9.30 Å². The molecule has 0 aliphatic heterocycles. The Balaban J connectivity index is 2.04. The first-order valence-corrected chi connectivity index (χ1v) is 9.78. The summed E-state index contributed by atoms with van der Waals surface area (Å²) in [5, 5.41) is 0. The molecule has 0 unspecified atom stereocenters. The second-order valence-corrected chi connectivity index (χ2v) is 7.80. The minimum atomic E-state index is -0.259. The fourth-order valence-electron chi connectivity index (χ4n) is 3.00. The Morgan fingerprint density at radius 2 is 1.96 bits per heavy atom. The molecule has 0 fully saturated rings. The van der Waals surface area contributed by atoms with Gasteiger partial charge in [0.2, 0.25) is 0 Å². The van der Waals surface area contributed by atoms with E-state index in [0.717, 1.165) is 16.0 Å². The van der Waals surface area contributed by atoms with Crippen LogP contribution in [0.25, 0.3) is 10.2 Å². The molecule has 0 saturated carbocycles. The average molecular weight is 381 g/mol. The number of benzene rings is 2. The minimum Gasteiger partial charge on any atom is -0.491 e. The summed E-state index contributed by atoms with van der Waals surface area (Å²) in [6.45, 7) is 12.6. The third kappa shape index (κ3) is 4.19. The first-order valence-electron chi connectivity index (χ1n) is 8.96. The lowest BCUT2D eigenvalue weighted by Crippen LogP contribution is -2.16. The van der Waals surface area contributed by atoms with Gasteiger partial charge in [-0.3, -0.25) is 4.79 Å². The van der Waals surface area contributed by atoms with Gasteiger partial charge >= 0.3 is 0 Å². The number of allylic oxidation sites excluding steroid dienone is 1. The van der Waals surface area contributed by atoms with Crippen molar-refractivity contribution in [2.45, 2.75) is 40.3 Å². The summed E-state index contributed by atoms with van der Waals surface area (Å²) in [7, 11) is 0. The molecule has 0 spiro atoms.